The van der Waals surface area contributed by atoms with Gasteiger partial charge in [-0.3, -0.25) is 0 Å². The molecule has 0 spiro atoms. The SMILES string of the molecule is CC1=C(I)C(C)(C)C(F)(F)C1(C)C. The maximum absolute atomic E-state index is 14.0. The largest absolute Gasteiger partial charge is 0.266 e. The van der Waals surface area contributed by atoms with Gasteiger partial charge in [-0.25, -0.2) is 8.78 Å². The van der Waals surface area contributed by atoms with Crippen molar-refractivity contribution in [3.63, 3.8) is 0 Å². The van der Waals surface area contributed by atoms with E-state index in [1.165, 1.54) is 0 Å². The van der Waals surface area contributed by atoms with Crippen LogP contribution in [0.2, 0.25) is 0 Å². The van der Waals surface area contributed by atoms with E-state index in [-0.39, 0.29) is 0 Å². The Balaban J connectivity index is 3.39. The van der Waals surface area contributed by atoms with Crippen LogP contribution in [-0.4, -0.2) is 5.92 Å². The molecule has 0 atom stereocenters. The van der Waals surface area contributed by atoms with Gasteiger partial charge < -0.3 is 0 Å². The Morgan fingerprint density at radius 3 is 1.46 bits per heavy atom. The average Bonchev–Trinajstić information content (AvgIpc) is 2.05. The summed E-state index contributed by atoms with van der Waals surface area (Å²) in [7, 11) is 0. The molecule has 0 fully saturated rings. The number of allylic oxidation sites excluding steroid dienone is 2. The summed E-state index contributed by atoms with van der Waals surface area (Å²) in [5, 5.41) is 0. The highest BCUT2D eigenvalue weighted by Gasteiger charge is 2.64. The van der Waals surface area contributed by atoms with Crippen molar-refractivity contribution in [1.29, 1.82) is 0 Å². The van der Waals surface area contributed by atoms with Gasteiger partial charge in [-0.1, -0.05) is 19.4 Å². The van der Waals surface area contributed by atoms with Crippen molar-refractivity contribution >= 4 is 22.6 Å². The van der Waals surface area contributed by atoms with E-state index < -0.39 is 16.8 Å². The third-order valence-corrected chi connectivity index (χ3v) is 5.54. The third-order valence-electron chi connectivity index (χ3n) is 3.39. The summed E-state index contributed by atoms with van der Waals surface area (Å²) in [6.45, 7) is 8.29. The molecule has 0 saturated carbocycles. The molecule has 1 rings (SSSR count). The maximum atomic E-state index is 14.0. The minimum Gasteiger partial charge on any atom is -0.205 e. The van der Waals surface area contributed by atoms with Gasteiger partial charge in [0.15, 0.2) is 0 Å². The van der Waals surface area contributed by atoms with Gasteiger partial charge in [0.05, 0.1) is 10.8 Å². The summed E-state index contributed by atoms with van der Waals surface area (Å²) in [5.74, 6) is -2.65. The normalized spacial score (nSPS) is 29.5. The second-order valence-corrected chi connectivity index (χ2v) is 5.84. The number of hydrogen-bond donors (Lipinski definition) is 0. The summed E-state index contributed by atoms with van der Waals surface area (Å²) in [4.78, 5) is 0. The Labute approximate surface area is 91.9 Å². The van der Waals surface area contributed by atoms with Crippen molar-refractivity contribution in [3.8, 4) is 0 Å². The van der Waals surface area contributed by atoms with E-state index in [2.05, 4.69) is 22.6 Å². The van der Waals surface area contributed by atoms with Gasteiger partial charge in [-0.05, 0) is 43.4 Å². The first-order valence-electron chi connectivity index (χ1n) is 4.32. The van der Waals surface area contributed by atoms with E-state index in [0.29, 0.717) is 0 Å². The van der Waals surface area contributed by atoms with Gasteiger partial charge in [0, 0.05) is 3.58 Å². The van der Waals surface area contributed by atoms with Crippen molar-refractivity contribution in [3.05, 3.63) is 9.15 Å². The highest BCUT2D eigenvalue weighted by molar-refractivity contribution is 14.1. The molecule has 1 aliphatic rings. The lowest BCUT2D eigenvalue weighted by atomic mass is 9.76. The van der Waals surface area contributed by atoms with E-state index in [4.69, 9.17) is 0 Å². The van der Waals surface area contributed by atoms with Crippen LogP contribution in [0.5, 0.6) is 0 Å². The fourth-order valence-electron chi connectivity index (χ4n) is 1.90. The Morgan fingerprint density at radius 2 is 1.38 bits per heavy atom. The Kier molecular flexibility index (Phi) is 2.35. The van der Waals surface area contributed by atoms with Crippen LogP contribution >= 0.6 is 22.6 Å². The lowest BCUT2D eigenvalue weighted by Crippen LogP contribution is -2.43. The van der Waals surface area contributed by atoms with Crippen LogP contribution in [0.1, 0.15) is 34.6 Å². The van der Waals surface area contributed by atoms with E-state index >= 15 is 0 Å². The molecule has 3 heteroatoms. The van der Waals surface area contributed by atoms with Crippen LogP contribution in [0, 0.1) is 10.8 Å². The highest BCUT2D eigenvalue weighted by atomic mass is 127. The number of alkyl halides is 2. The molecule has 76 valence electrons. The van der Waals surface area contributed by atoms with Crippen molar-refractivity contribution < 1.29 is 8.78 Å². The maximum Gasteiger partial charge on any atom is 0.266 e. The molecular weight excluding hydrogens is 285 g/mol. The predicted molar refractivity (Wildman–Crippen MR) is 59.2 cm³/mol. The monoisotopic (exact) mass is 300 g/mol. The van der Waals surface area contributed by atoms with Crippen molar-refractivity contribution in [2.24, 2.45) is 10.8 Å². The van der Waals surface area contributed by atoms with Crippen LogP contribution in [0.15, 0.2) is 9.15 Å². The average molecular weight is 300 g/mol. The van der Waals surface area contributed by atoms with Gasteiger partial charge >= 0.3 is 0 Å². The van der Waals surface area contributed by atoms with Gasteiger partial charge in [0.2, 0.25) is 0 Å². The molecule has 0 heterocycles. The van der Waals surface area contributed by atoms with E-state index in [1.54, 1.807) is 27.7 Å². The summed E-state index contributed by atoms with van der Waals surface area (Å²) >= 11 is 2.05. The van der Waals surface area contributed by atoms with Gasteiger partial charge in [-0.15, -0.1) is 0 Å². The smallest absolute Gasteiger partial charge is 0.205 e. The summed E-state index contributed by atoms with van der Waals surface area (Å²) in [6, 6.07) is 0. The minimum absolute atomic E-state index is 0.806. The first kappa shape index (κ1) is 11.4. The fourth-order valence-corrected chi connectivity index (χ4v) is 2.91. The molecule has 0 aromatic rings. The summed E-state index contributed by atoms with van der Waals surface area (Å²) in [5.41, 5.74) is -1.20. The molecule has 0 N–H and O–H groups in total. The summed E-state index contributed by atoms with van der Waals surface area (Å²) in [6.07, 6.45) is 0. The van der Waals surface area contributed by atoms with Gasteiger partial charge in [0.1, 0.15) is 0 Å². The van der Waals surface area contributed by atoms with Crippen LogP contribution in [0.3, 0.4) is 0 Å². The Hall–Kier alpha value is 0.330. The number of hydrogen-bond acceptors (Lipinski definition) is 0. The van der Waals surface area contributed by atoms with Crippen LogP contribution in [-0.2, 0) is 0 Å². The summed E-state index contributed by atoms with van der Waals surface area (Å²) < 4.78 is 28.7. The molecule has 0 bridgehead atoms. The zero-order valence-corrected chi connectivity index (χ0v) is 10.8. The van der Waals surface area contributed by atoms with E-state index in [0.717, 1.165) is 9.15 Å². The Bertz CT molecular complexity index is 249. The first-order chi connectivity index (χ1) is 5.57. The lowest BCUT2D eigenvalue weighted by Gasteiger charge is -2.36. The van der Waals surface area contributed by atoms with Crippen LogP contribution < -0.4 is 0 Å². The minimum atomic E-state index is -2.65. The molecule has 0 nitrogen and oxygen atoms in total. The second kappa shape index (κ2) is 2.67. The third kappa shape index (κ3) is 1.12. The van der Waals surface area contributed by atoms with Crippen LogP contribution in [0.4, 0.5) is 8.78 Å². The van der Waals surface area contributed by atoms with Gasteiger partial charge in [-0.2, -0.15) is 0 Å². The molecule has 1 aliphatic carbocycles. The number of rotatable bonds is 0. The molecular formula is C10H15F2I. The number of halogens is 3. The standard InChI is InChI=1S/C10H15F2I/c1-6-7(13)9(4,5)10(11,12)8(6,2)3/h1-5H3. The van der Waals surface area contributed by atoms with Crippen LogP contribution in [0.25, 0.3) is 0 Å². The topological polar surface area (TPSA) is 0 Å². The molecule has 0 aromatic heterocycles. The lowest BCUT2D eigenvalue weighted by molar-refractivity contribution is -0.139. The van der Waals surface area contributed by atoms with E-state index in [1.807, 2.05) is 6.92 Å². The zero-order valence-electron chi connectivity index (χ0n) is 8.63. The molecule has 0 aromatic carbocycles. The zero-order chi connectivity index (χ0) is 10.7. The molecule has 0 radical (unpaired) electrons. The Morgan fingerprint density at radius 1 is 1.00 bits per heavy atom. The van der Waals surface area contributed by atoms with Crippen molar-refractivity contribution in [1.82, 2.24) is 0 Å². The molecule has 13 heavy (non-hydrogen) atoms. The van der Waals surface area contributed by atoms with Crippen molar-refractivity contribution in [2.75, 3.05) is 0 Å². The molecule has 0 aliphatic heterocycles. The molecule has 0 amide bonds. The van der Waals surface area contributed by atoms with Crippen molar-refractivity contribution in [2.45, 2.75) is 40.5 Å². The van der Waals surface area contributed by atoms with Gasteiger partial charge in [0.25, 0.3) is 5.92 Å². The fraction of sp³-hybridized carbons (Fsp3) is 0.800. The second-order valence-electron chi connectivity index (χ2n) is 4.76. The molecule has 0 unspecified atom stereocenters. The highest BCUT2D eigenvalue weighted by Crippen LogP contribution is 2.64. The first-order valence-corrected chi connectivity index (χ1v) is 5.40. The predicted octanol–water partition coefficient (Wildman–Crippen LogP) is 4.40. The van der Waals surface area contributed by atoms with E-state index in [9.17, 15) is 8.78 Å². The molecule has 0 saturated heterocycles. The quantitative estimate of drug-likeness (QED) is 0.582.